The Bertz CT molecular complexity index is 236. The Morgan fingerprint density at radius 1 is 1.42 bits per heavy atom. The minimum atomic E-state index is -3.20. The number of carboxylic acid groups (broad SMARTS) is 1. The third-order valence-electron chi connectivity index (χ3n) is 1.10. The van der Waals surface area contributed by atoms with Gasteiger partial charge in [0.05, 0.1) is 5.75 Å². The molecule has 0 aromatic rings. The Hall–Kier alpha value is -0.820. The van der Waals surface area contributed by atoms with Gasteiger partial charge in [-0.2, -0.15) is 0 Å². The van der Waals surface area contributed by atoms with E-state index in [1.54, 1.807) is 0 Å². The fraction of sp³-hybridized carbons (Fsp3) is 0.800. The van der Waals surface area contributed by atoms with E-state index >= 15 is 0 Å². The minimum absolute atomic E-state index is 0.0000709. The first-order valence-corrected chi connectivity index (χ1v) is 5.07. The van der Waals surface area contributed by atoms with Crippen molar-refractivity contribution in [1.29, 1.82) is 0 Å². The molecule has 0 radical (unpaired) electrons. The second-order valence-electron chi connectivity index (χ2n) is 2.03. The average Bonchev–Trinajstić information content (AvgIpc) is 1.98. The zero-order chi connectivity index (χ0) is 9.61. The summed E-state index contributed by atoms with van der Waals surface area (Å²) < 4.78 is 23.7. The lowest BCUT2D eigenvalue weighted by Gasteiger charge is -2.03. The molecule has 0 aromatic carbocycles. The van der Waals surface area contributed by atoms with E-state index < -0.39 is 16.1 Å². The van der Waals surface area contributed by atoms with E-state index in [1.807, 2.05) is 5.32 Å². The summed E-state index contributed by atoms with van der Waals surface area (Å²) in [6.07, 6.45) is -1.16. The van der Waals surface area contributed by atoms with Crippen molar-refractivity contribution in [2.24, 2.45) is 0 Å². The van der Waals surface area contributed by atoms with Crippen molar-refractivity contribution in [2.45, 2.75) is 6.92 Å². The number of hydrogen-bond donors (Lipinski definition) is 3. The van der Waals surface area contributed by atoms with Crippen LogP contribution in [0.1, 0.15) is 6.92 Å². The van der Waals surface area contributed by atoms with Crippen LogP contribution in [-0.2, 0) is 10.0 Å². The number of hydrogen-bond acceptors (Lipinski definition) is 3. The number of amides is 1. The summed E-state index contributed by atoms with van der Waals surface area (Å²) in [5.41, 5.74) is 0. The molecule has 0 aromatic heterocycles. The predicted molar refractivity (Wildman–Crippen MR) is 43.5 cm³/mol. The molecule has 0 atom stereocenters. The van der Waals surface area contributed by atoms with E-state index in [0.29, 0.717) is 0 Å². The second-order valence-corrected chi connectivity index (χ2v) is 4.13. The van der Waals surface area contributed by atoms with E-state index in [-0.39, 0.29) is 18.8 Å². The summed E-state index contributed by atoms with van der Waals surface area (Å²) in [4.78, 5) is 9.91. The molecule has 0 heterocycles. The molecular formula is C5H12N2O4S. The summed E-state index contributed by atoms with van der Waals surface area (Å²) in [5.74, 6) is 0.0000709. The van der Waals surface area contributed by atoms with E-state index in [2.05, 4.69) is 4.72 Å². The fourth-order valence-corrected chi connectivity index (χ4v) is 1.10. The van der Waals surface area contributed by atoms with Gasteiger partial charge in [0, 0.05) is 13.1 Å². The van der Waals surface area contributed by atoms with Crippen LogP contribution in [0, 0.1) is 0 Å². The first kappa shape index (κ1) is 11.2. The third-order valence-corrected chi connectivity index (χ3v) is 2.51. The van der Waals surface area contributed by atoms with Crippen molar-refractivity contribution in [1.82, 2.24) is 10.0 Å². The van der Waals surface area contributed by atoms with Crippen molar-refractivity contribution < 1.29 is 18.3 Å². The number of sulfonamides is 1. The minimum Gasteiger partial charge on any atom is -0.465 e. The zero-order valence-corrected chi connectivity index (χ0v) is 7.52. The molecule has 0 saturated heterocycles. The highest BCUT2D eigenvalue weighted by molar-refractivity contribution is 7.89. The standard InChI is InChI=1S/C5H12N2O4S/c1-2-12(10,11)7-4-3-6-5(8)9/h6-7H,2-4H2,1H3,(H,8,9). The van der Waals surface area contributed by atoms with Gasteiger partial charge < -0.3 is 10.4 Å². The van der Waals surface area contributed by atoms with E-state index in [0.717, 1.165) is 0 Å². The highest BCUT2D eigenvalue weighted by Gasteiger charge is 2.04. The fourth-order valence-electron chi connectivity index (χ4n) is 0.478. The van der Waals surface area contributed by atoms with Gasteiger partial charge in [-0.1, -0.05) is 0 Å². The molecule has 0 bridgehead atoms. The summed E-state index contributed by atoms with van der Waals surface area (Å²) in [5, 5.41) is 10.1. The second kappa shape index (κ2) is 4.94. The maximum Gasteiger partial charge on any atom is 0.404 e. The van der Waals surface area contributed by atoms with Gasteiger partial charge in [0.2, 0.25) is 10.0 Å². The molecule has 0 aliphatic carbocycles. The van der Waals surface area contributed by atoms with Gasteiger partial charge >= 0.3 is 6.09 Å². The maximum absolute atomic E-state index is 10.8. The van der Waals surface area contributed by atoms with E-state index in [4.69, 9.17) is 5.11 Å². The molecular weight excluding hydrogens is 184 g/mol. The Balaban J connectivity index is 3.51. The Morgan fingerprint density at radius 3 is 2.42 bits per heavy atom. The molecule has 0 rings (SSSR count). The molecule has 3 N–H and O–H groups in total. The van der Waals surface area contributed by atoms with Crippen LogP contribution < -0.4 is 10.0 Å². The molecule has 6 nitrogen and oxygen atoms in total. The molecule has 1 amide bonds. The topological polar surface area (TPSA) is 95.5 Å². The van der Waals surface area contributed by atoms with Gasteiger partial charge in [0.15, 0.2) is 0 Å². The lowest BCUT2D eigenvalue weighted by atomic mass is 10.7. The number of nitrogens with one attached hydrogen (secondary N) is 2. The molecule has 7 heteroatoms. The Kier molecular flexibility index (Phi) is 4.60. The van der Waals surface area contributed by atoms with Crippen molar-refractivity contribution in [3.8, 4) is 0 Å². The van der Waals surface area contributed by atoms with Crippen LogP contribution in [0.5, 0.6) is 0 Å². The smallest absolute Gasteiger partial charge is 0.404 e. The van der Waals surface area contributed by atoms with Crippen LogP contribution >= 0.6 is 0 Å². The molecule has 72 valence electrons. The third kappa shape index (κ3) is 5.93. The quantitative estimate of drug-likeness (QED) is 0.501. The van der Waals surface area contributed by atoms with Gasteiger partial charge in [0.25, 0.3) is 0 Å². The highest BCUT2D eigenvalue weighted by atomic mass is 32.2. The Labute approximate surface area is 71.0 Å². The summed E-state index contributed by atoms with van der Waals surface area (Å²) >= 11 is 0. The largest absolute Gasteiger partial charge is 0.465 e. The van der Waals surface area contributed by atoms with Crippen molar-refractivity contribution >= 4 is 16.1 Å². The first-order chi connectivity index (χ1) is 5.48. The molecule has 0 aliphatic rings. The molecule has 0 aliphatic heterocycles. The monoisotopic (exact) mass is 196 g/mol. The van der Waals surface area contributed by atoms with Gasteiger partial charge in [0.1, 0.15) is 0 Å². The van der Waals surface area contributed by atoms with Crippen molar-refractivity contribution in [2.75, 3.05) is 18.8 Å². The molecule has 0 fully saturated rings. The predicted octanol–water partition coefficient (Wildman–Crippen LogP) is -0.807. The van der Waals surface area contributed by atoms with Crippen LogP contribution in [0.25, 0.3) is 0 Å². The number of carbonyl (C=O) groups is 1. The van der Waals surface area contributed by atoms with Gasteiger partial charge in [-0.25, -0.2) is 17.9 Å². The Morgan fingerprint density at radius 2 is 2.00 bits per heavy atom. The van der Waals surface area contributed by atoms with Crippen LogP contribution in [0.3, 0.4) is 0 Å². The van der Waals surface area contributed by atoms with Crippen LogP contribution in [0.4, 0.5) is 4.79 Å². The van der Waals surface area contributed by atoms with Gasteiger partial charge in [-0.3, -0.25) is 0 Å². The summed E-state index contributed by atoms with van der Waals surface area (Å²) in [6, 6.07) is 0. The number of rotatable bonds is 5. The van der Waals surface area contributed by atoms with Crippen molar-refractivity contribution in [3.63, 3.8) is 0 Å². The first-order valence-electron chi connectivity index (χ1n) is 3.42. The van der Waals surface area contributed by atoms with Gasteiger partial charge in [-0.15, -0.1) is 0 Å². The van der Waals surface area contributed by atoms with E-state index in [1.165, 1.54) is 6.92 Å². The van der Waals surface area contributed by atoms with Crippen LogP contribution in [-0.4, -0.2) is 38.5 Å². The lowest BCUT2D eigenvalue weighted by molar-refractivity contribution is 0.194. The molecule has 0 spiro atoms. The van der Waals surface area contributed by atoms with Gasteiger partial charge in [-0.05, 0) is 6.92 Å². The average molecular weight is 196 g/mol. The summed E-state index contributed by atoms with van der Waals surface area (Å²) in [6.45, 7) is 1.67. The highest BCUT2D eigenvalue weighted by Crippen LogP contribution is 1.79. The maximum atomic E-state index is 10.8. The molecule has 0 saturated carbocycles. The zero-order valence-electron chi connectivity index (χ0n) is 6.70. The molecule has 0 unspecified atom stereocenters. The lowest BCUT2D eigenvalue weighted by Crippen LogP contribution is -2.34. The van der Waals surface area contributed by atoms with Crippen molar-refractivity contribution in [3.05, 3.63) is 0 Å². The SMILES string of the molecule is CCS(=O)(=O)NCCNC(=O)O. The van der Waals surface area contributed by atoms with Crippen LogP contribution in [0.15, 0.2) is 0 Å². The van der Waals surface area contributed by atoms with E-state index in [9.17, 15) is 13.2 Å². The molecule has 12 heavy (non-hydrogen) atoms. The van der Waals surface area contributed by atoms with Crippen LogP contribution in [0.2, 0.25) is 0 Å². The normalized spacial score (nSPS) is 11.1. The summed E-state index contributed by atoms with van der Waals surface area (Å²) in [7, 11) is -3.20.